The largest absolute Gasteiger partial charge is 0.355 e. The molecular weight excluding hydrogens is 414 g/mol. The molecule has 0 fully saturated rings. The zero-order valence-corrected chi connectivity index (χ0v) is 18.5. The molecule has 30 heavy (non-hydrogen) atoms. The number of nitrogens with zero attached hydrogens (tertiary/aromatic N) is 4. The highest BCUT2D eigenvalue weighted by atomic mass is 32.2. The Balaban J connectivity index is 1.31. The Bertz CT molecular complexity index is 1210. The fourth-order valence-corrected chi connectivity index (χ4v) is 6.16. The van der Waals surface area contributed by atoms with Crippen molar-refractivity contribution in [1.29, 1.82) is 0 Å². The van der Waals surface area contributed by atoms with Crippen LogP contribution in [0.2, 0.25) is 0 Å². The molecule has 1 N–H and O–H groups in total. The van der Waals surface area contributed by atoms with Crippen molar-refractivity contribution in [3.63, 3.8) is 0 Å². The van der Waals surface area contributed by atoms with E-state index in [1.165, 1.54) is 40.6 Å². The van der Waals surface area contributed by atoms with Crippen LogP contribution in [0.1, 0.15) is 34.7 Å². The van der Waals surface area contributed by atoms with E-state index < -0.39 is 0 Å². The highest BCUT2D eigenvalue weighted by Gasteiger charge is 2.22. The van der Waals surface area contributed by atoms with Gasteiger partial charge in [0.25, 0.3) is 0 Å². The Kier molecular flexibility index (Phi) is 5.43. The quantitative estimate of drug-likeness (QED) is 0.462. The molecule has 0 atom stereocenters. The molecule has 0 aliphatic heterocycles. The van der Waals surface area contributed by atoms with E-state index in [1.807, 2.05) is 29.5 Å². The monoisotopic (exact) mass is 437 g/mol. The summed E-state index contributed by atoms with van der Waals surface area (Å²) < 4.78 is 2.01. The molecule has 1 aliphatic rings. The molecule has 154 valence electrons. The van der Waals surface area contributed by atoms with Gasteiger partial charge in [-0.25, -0.2) is 4.98 Å². The first-order valence-corrected chi connectivity index (χ1v) is 12.1. The Morgan fingerprint density at radius 3 is 2.90 bits per heavy atom. The number of rotatable bonds is 6. The van der Waals surface area contributed by atoms with Crippen molar-refractivity contribution in [3.05, 3.63) is 52.2 Å². The molecule has 3 aromatic heterocycles. The first-order valence-electron chi connectivity index (χ1n) is 10.3. The van der Waals surface area contributed by atoms with E-state index in [2.05, 4.69) is 27.6 Å². The van der Waals surface area contributed by atoms with Crippen LogP contribution in [0.25, 0.3) is 15.9 Å². The molecular formula is C22H23N5OS2. The second kappa shape index (κ2) is 8.35. The van der Waals surface area contributed by atoms with Crippen LogP contribution in [-0.4, -0.2) is 37.8 Å². The van der Waals surface area contributed by atoms with Crippen molar-refractivity contribution in [3.8, 4) is 0 Å². The maximum absolute atomic E-state index is 12.3. The lowest BCUT2D eigenvalue weighted by molar-refractivity contribution is -0.118. The van der Waals surface area contributed by atoms with Crippen LogP contribution < -0.4 is 5.32 Å². The lowest BCUT2D eigenvalue weighted by atomic mass is 9.97. The number of benzene rings is 1. The fourth-order valence-electron chi connectivity index (χ4n) is 4.05. The first-order chi connectivity index (χ1) is 14.7. The minimum absolute atomic E-state index is 0.00674. The van der Waals surface area contributed by atoms with Crippen LogP contribution in [0.4, 0.5) is 0 Å². The summed E-state index contributed by atoms with van der Waals surface area (Å²) in [6.07, 6.45) is 5.53. The van der Waals surface area contributed by atoms with Crippen molar-refractivity contribution in [2.75, 3.05) is 12.3 Å². The average molecular weight is 438 g/mol. The summed E-state index contributed by atoms with van der Waals surface area (Å²) >= 11 is 3.21. The molecule has 6 nitrogen and oxygen atoms in total. The number of thioether (sulfide) groups is 1. The molecule has 8 heteroatoms. The van der Waals surface area contributed by atoms with Gasteiger partial charge in [-0.3, -0.25) is 9.20 Å². The van der Waals surface area contributed by atoms with Gasteiger partial charge in [-0.05, 0) is 50.2 Å². The van der Waals surface area contributed by atoms with Gasteiger partial charge < -0.3 is 5.32 Å². The minimum Gasteiger partial charge on any atom is -0.355 e. The third-order valence-corrected chi connectivity index (χ3v) is 7.62. The number of hydrogen-bond acceptors (Lipinski definition) is 6. The van der Waals surface area contributed by atoms with Crippen molar-refractivity contribution < 1.29 is 4.79 Å². The molecule has 1 amide bonds. The van der Waals surface area contributed by atoms with Gasteiger partial charge in [0.05, 0.1) is 11.1 Å². The summed E-state index contributed by atoms with van der Waals surface area (Å²) in [6.45, 7) is 2.62. The normalized spacial score (nSPS) is 13.6. The number of aryl methyl sites for hydroxylation is 3. The molecule has 0 spiro atoms. The van der Waals surface area contributed by atoms with Crippen molar-refractivity contribution in [1.82, 2.24) is 24.9 Å². The van der Waals surface area contributed by atoms with E-state index in [0.29, 0.717) is 12.3 Å². The van der Waals surface area contributed by atoms with Crippen LogP contribution in [-0.2, 0) is 24.1 Å². The lowest BCUT2D eigenvalue weighted by Crippen LogP contribution is -2.27. The number of carbonyl (C=O) groups is 1. The van der Waals surface area contributed by atoms with Gasteiger partial charge in [0, 0.05) is 11.4 Å². The molecule has 0 bridgehead atoms. The Morgan fingerprint density at radius 2 is 2.03 bits per heavy atom. The predicted molar refractivity (Wildman–Crippen MR) is 121 cm³/mol. The molecule has 0 radical (unpaired) electrons. The summed E-state index contributed by atoms with van der Waals surface area (Å²) in [6, 6.07) is 10.2. The predicted octanol–water partition coefficient (Wildman–Crippen LogP) is 3.98. The standard InChI is InChI=1S/C22H23N5OS2/c1-14-24-21-19(16-9-5-6-10-17(16)30-21)20-25-26-22(27(14)20)29-13-18(28)23-12-11-15-7-3-2-4-8-15/h2-4,7-8H,5-6,9-13H2,1H3,(H,23,28). The molecule has 0 saturated carbocycles. The first kappa shape index (κ1) is 19.5. The van der Waals surface area contributed by atoms with Crippen LogP contribution >= 0.6 is 23.1 Å². The summed E-state index contributed by atoms with van der Waals surface area (Å²) in [5, 5.41) is 13.8. The number of amides is 1. The highest BCUT2D eigenvalue weighted by Crippen LogP contribution is 2.38. The SMILES string of the molecule is Cc1nc2sc3c(c2c2nnc(SCC(=O)NCCc4ccccc4)n12)CCCC3. The van der Waals surface area contributed by atoms with Crippen LogP contribution in [0.15, 0.2) is 35.5 Å². The van der Waals surface area contributed by atoms with Gasteiger partial charge >= 0.3 is 0 Å². The maximum atomic E-state index is 12.3. The van der Waals surface area contributed by atoms with Gasteiger partial charge in [0.15, 0.2) is 10.8 Å². The van der Waals surface area contributed by atoms with E-state index in [4.69, 9.17) is 4.98 Å². The van der Waals surface area contributed by atoms with E-state index in [9.17, 15) is 4.79 Å². The van der Waals surface area contributed by atoms with E-state index >= 15 is 0 Å². The van der Waals surface area contributed by atoms with Crippen molar-refractivity contribution in [2.24, 2.45) is 0 Å². The summed E-state index contributed by atoms with van der Waals surface area (Å²) in [4.78, 5) is 19.7. The van der Waals surface area contributed by atoms with Gasteiger partial charge in [-0.2, -0.15) is 0 Å². The number of hydrogen-bond donors (Lipinski definition) is 1. The van der Waals surface area contributed by atoms with E-state index in [0.717, 1.165) is 46.1 Å². The summed E-state index contributed by atoms with van der Waals surface area (Å²) in [7, 11) is 0. The molecule has 1 aromatic carbocycles. The van der Waals surface area contributed by atoms with E-state index in [1.54, 1.807) is 11.3 Å². The molecule has 4 aromatic rings. The Hall–Kier alpha value is -2.45. The van der Waals surface area contributed by atoms with Crippen LogP contribution in [0.5, 0.6) is 0 Å². The Morgan fingerprint density at radius 1 is 1.20 bits per heavy atom. The number of thiophene rings is 1. The molecule has 5 rings (SSSR count). The van der Waals surface area contributed by atoms with Crippen LogP contribution in [0, 0.1) is 6.92 Å². The number of fused-ring (bicyclic) bond motifs is 5. The maximum Gasteiger partial charge on any atom is 0.230 e. The smallest absolute Gasteiger partial charge is 0.230 e. The summed E-state index contributed by atoms with van der Waals surface area (Å²) in [5.41, 5.74) is 3.50. The fraction of sp³-hybridized carbons (Fsp3) is 0.364. The van der Waals surface area contributed by atoms with E-state index in [-0.39, 0.29) is 5.91 Å². The zero-order chi connectivity index (χ0) is 20.5. The number of nitrogens with one attached hydrogen (secondary N) is 1. The summed E-state index contributed by atoms with van der Waals surface area (Å²) in [5.74, 6) is 1.19. The molecule has 0 unspecified atom stereocenters. The Labute approximate surface area is 183 Å². The highest BCUT2D eigenvalue weighted by molar-refractivity contribution is 7.99. The zero-order valence-electron chi connectivity index (χ0n) is 16.9. The topological polar surface area (TPSA) is 72.2 Å². The molecule has 0 saturated heterocycles. The van der Waals surface area contributed by atoms with Crippen molar-refractivity contribution in [2.45, 2.75) is 44.2 Å². The second-order valence-electron chi connectivity index (χ2n) is 7.57. The minimum atomic E-state index is 0.00674. The third-order valence-electron chi connectivity index (χ3n) is 5.51. The molecule has 1 aliphatic carbocycles. The second-order valence-corrected chi connectivity index (χ2v) is 9.59. The van der Waals surface area contributed by atoms with Crippen molar-refractivity contribution >= 4 is 44.9 Å². The lowest BCUT2D eigenvalue weighted by Gasteiger charge is -2.10. The molecule has 3 heterocycles. The number of aromatic nitrogens is 4. The number of carbonyl (C=O) groups excluding carboxylic acids is 1. The van der Waals surface area contributed by atoms with Gasteiger partial charge in [-0.15, -0.1) is 21.5 Å². The van der Waals surface area contributed by atoms with Gasteiger partial charge in [-0.1, -0.05) is 42.1 Å². The van der Waals surface area contributed by atoms with Crippen LogP contribution in [0.3, 0.4) is 0 Å². The van der Waals surface area contributed by atoms with Gasteiger partial charge in [0.1, 0.15) is 10.7 Å². The van der Waals surface area contributed by atoms with Gasteiger partial charge in [0.2, 0.25) is 5.91 Å². The third kappa shape index (κ3) is 3.70. The average Bonchev–Trinajstić information content (AvgIpc) is 3.34.